The number of nitrogens with zero attached hydrogens (tertiary/aromatic N) is 3. The fourth-order valence-corrected chi connectivity index (χ4v) is 3.68. The zero-order chi connectivity index (χ0) is 14.2. The summed E-state index contributed by atoms with van der Waals surface area (Å²) in [6.07, 6.45) is 5.37. The van der Waals surface area contributed by atoms with Crippen LogP contribution in [0.25, 0.3) is 11.0 Å². The van der Waals surface area contributed by atoms with Gasteiger partial charge in [-0.05, 0) is 50.6 Å². The molecule has 0 radical (unpaired) electrons. The van der Waals surface area contributed by atoms with Crippen molar-refractivity contribution >= 4 is 22.7 Å². The minimum absolute atomic E-state index is 0.698. The maximum Gasteiger partial charge on any atom is 0.203 e. The quantitative estimate of drug-likeness (QED) is 0.831. The smallest absolute Gasteiger partial charge is 0.203 e. The molecule has 1 aromatic carbocycles. The molecule has 2 aliphatic rings. The summed E-state index contributed by atoms with van der Waals surface area (Å²) in [5, 5.41) is 0. The Morgan fingerprint density at radius 3 is 2.86 bits per heavy atom. The van der Waals surface area contributed by atoms with Crippen molar-refractivity contribution < 1.29 is 0 Å². The number of H-pyrrole nitrogens is 1. The van der Waals surface area contributed by atoms with E-state index in [1.54, 1.807) is 0 Å². The van der Waals surface area contributed by atoms with Crippen LogP contribution in [0.1, 0.15) is 25.7 Å². The van der Waals surface area contributed by atoms with E-state index >= 15 is 0 Å². The van der Waals surface area contributed by atoms with Crippen LogP contribution in [0.3, 0.4) is 0 Å². The van der Waals surface area contributed by atoms with E-state index in [0.29, 0.717) is 6.04 Å². The average Bonchev–Trinajstić information content (AvgIpc) is 3.14. The fraction of sp³-hybridized carbons (Fsp3) is 0.562. The number of anilines is 2. The molecule has 1 atom stereocenters. The van der Waals surface area contributed by atoms with Gasteiger partial charge in [0.2, 0.25) is 5.95 Å². The van der Waals surface area contributed by atoms with Crippen LogP contribution in [0.4, 0.5) is 11.6 Å². The molecule has 21 heavy (non-hydrogen) atoms. The standard InChI is InChI=1S/C16H23N5/c17-12-4-5-14-15(10-12)19-16(18-14)21-9-6-13(11-21)20-7-2-1-3-8-20/h4-5,10,13H,1-3,6-9,11,17H2,(H,18,19). The lowest BCUT2D eigenvalue weighted by atomic mass is 10.1. The van der Waals surface area contributed by atoms with Gasteiger partial charge in [0, 0.05) is 24.8 Å². The van der Waals surface area contributed by atoms with Gasteiger partial charge < -0.3 is 15.6 Å². The third kappa shape index (κ3) is 2.46. The Labute approximate surface area is 125 Å². The number of fused-ring (bicyclic) bond motifs is 1. The number of likely N-dealkylation sites (tertiary alicyclic amines) is 1. The van der Waals surface area contributed by atoms with E-state index < -0.39 is 0 Å². The molecule has 1 aromatic heterocycles. The highest BCUT2D eigenvalue weighted by atomic mass is 15.3. The normalized spacial score (nSPS) is 24.0. The highest BCUT2D eigenvalue weighted by molar-refractivity contribution is 5.80. The number of aromatic nitrogens is 2. The van der Waals surface area contributed by atoms with E-state index in [-0.39, 0.29) is 0 Å². The highest BCUT2D eigenvalue weighted by Crippen LogP contribution is 2.25. The van der Waals surface area contributed by atoms with Gasteiger partial charge in [-0.2, -0.15) is 0 Å². The van der Waals surface area contributed by atoms with E-state index in [9.17, 15) is 0 Å². The molecule has 3 N–H and O–H groups in total. The summed E-state index contributed by atoms with van der Waals surface area (Å²) in [6, 6.07) is 6.56. The maximum atomic E-state index is 5.84. The predicted octanol–water partition coefficient (Wildman–Crippen LogP) is 2.21. The number of benzene rings is 1. The Morgan fingerprint density at radius 2 is 2.00 bits per heavy atom. The summed E-state index contributed by atoms with van der Waals surface area (Å²) < 4.78 is 0. The molecule has 1 unspecified atom stereocenters. The Balaban J connectivity index is 1.50. The van der Waals surface area contributed by atoms with E-state index in [4.69, 9.17) is 10.7 Å². The van der Waals surface area contributed by atoms with Gasteiger partial charge in [0.1, 0.15) is 0 Å². The Hall–Kier alpha value is -1.75. The van der Waals surface area contributed by atoms with Gasteiger partial charge in [-0.15, -0.1) is 0 Å². The van der Waals surface area contributed by atoms with Crippen molar-refractivity contribution in [2.24, 2.45) is 0 Å². The zero-order valence-corrected chi connectivity index (χ0v) is 12.4. The number of nitrogens with one attached hydrogen (secondary N) is 1. The first-order valence-electron chi connectivity index (χ1n) is 8.04. The van der Waals surface area contributed by atoms with Crippen molar-refractivity contribution in [1.82, 2.24) is 14.9 Å². The van der Waals surface area contributed by atoms with Crippen molar-refractivity contribution in [2.75, 3.05) is 36.8 Å². The lowest BCUT2D eigenvalue weighted by molar-refractivity contribution is 0.174. The van der Waals surface area contributed by atoms with Crippen LogP contribution >= 0.6 is 0 Å². The fourth-order valence-electron chi connectivity index (χ4n) is 3.68. The maximum absolute atomic E-state index is 5.84. The topological polar surface area (TPSA) is 61.2 Å². The molecule has 3 heterocycles. The number of rotatable bonds is 2. The first-order valence-corrected chi connectivity index (χ1v) is 8.04. The number of hydrogen-bond acceptors (Lipinski definition) is 4. The summed E-state index contributed by atoms with van der Waals surface area (Å²) in [4.78, 5) is 13.2. The lowest BCUT2D eigenvalue weighted by Crippen LogP contribution is -2.41. The summed E-state index contributed by atoms with van der Waals surface area (Å²) in [5.41, 5.74) is 8.66. The van der Waals surface area contributed by atoms with Gasteiger partial charge in [-0.1, -0.05) is 6.42 Å². The molecule has 2 aliphatic heterocycles. The van der Waals surface area contributed by atoms with Crippen LogP contribution in [0.15, 0.2) is 18.2 Å². The summed E-state index contributed by atoms with van der Waals surface area (Å²) in [5.74, 6) is 0.995. The van der Waals surface area contributed by atoms with Gasteiger partial charge in [0.25, 0.3) is 0 Å². The van der Waals surface area contributed by atoms with Gasteiger partial charge >= 0.3 is 0 Å². The van der Waals surface area contributed by atoms with Crippen molar-refractivity contribution in [2.45, 2.75) is 31.7 Å². The molecule has 5 heteroatoms. The second-order valence-corrected chi connectivity index (χ2v) is 6.32. The Kier molecular flexibility index (Phi) is 3.22. The molecule has 2 fully saturated rings. The number of imidazole rings is 1. The van der Waals surface area contributed by atoms with Gasteiger partial charge in [-0.3, -0.25) is 4.90 Å². The van der Waals surface area contributed by atoms with E-state index in [0.717, 1.165) is 35.8 Å². The lowest BCUT2D eigenvalue weighted by Gasteiger charge is -2.32. The van der Waals surface area contributed by atoms with Crippen LogP contribution in [0.2, 0.25) is 0 Å². The molecule has 2 aromatic rings. The first-order chi connectivity index (χ1) is 10.3. The van der Waals surface area contributed by atoms with Crippen LogP contribution in [0, 0.1) is 0 Å². The second kappa shape index (κ2) is 5.22. The molecule has 0 aliphatic carbocycles. The number of hydrogen-bond donors (Lipinski definition) is 2. The largest absolute Gasteiger partial charge is 0.399 e. The molecule has 0 saturated carbocycles. The van der Waals surface area contributed by atoms with Crippen LogP contribution in [0.5, 0.6) is 0 Å². The zero-order valence-electron chi connectivity index (χ0n) is 12.4. The first kappa shape index (κ1) is 13.0. The predicted molar refractivity (Wildman–Crippen MR) is 86.5 cm³/mol. The van der Waals surface area contributed by atoms with E-state index in [1.165, 1.54) is 38.8 Å². The molecule has 0 spiro atoms. The summed E-state index contributed by atoms with van der Waals surface area (Å²) in [7, 11) is 0. The summed E-state index contributed by atoms with van der Waals surface area (Å²) in [6.45, 7) is 4.73. The van der Waals surface area contributed by atoms with Crippen molar-refractivity contribution in [3.05, 3.63) is 18.2 Å². The van der Waals surface area contributed by atoms with Crippen LogP contribution < -0.4 is 10.6 Å². The van der Waals surface area contributed by atoms with Crippen molar-refractivity contribution in [3.8, 4) is 0 Å². The molecule has 2 saturated heterocycles. The van der Waals surface area contributed by atoms with Gasteiger partial charge in [0.15, 0.2) is 0 Å². The number of aromatic amines is 1. The molecular weight excluding hydrogens is 262 g/mol. The second-order valence-electron chi connectivity index (χ2n) is 6.32. The van der Waals surface area contributed by atoms with Crippen LogP contribution in [-0.2, 0) is 0 Å². The monoisotopic (exact) mass is 285 g/mol. The molecule has 112 valence electrons. The Morgan fingerprint density at radius 1 is 1.14 bits per heavy atom. The summed E-state index contributed by atoms with van der Waals surface area (Å²) >= 11 is 0. The molecule has 0 amide bonds. The van der Waals surface area contributed by atoms with Crippen molar-refractivity contribution in [3.63, 3.8) is 0 Å². The average molecular weight is 285 g/mol. The highest BCUT2D eigenvalue weighted by Gasteiger charge is 2.29. The van der Waals surface area contributed by atoms with E-state index in [1.807, 2.05) is 18.2 Å². The minimum Gasteiger partial charge on any atom is -0.399 e. The third-order valence-corrected chi connectivity index (χ3v) is 4.86. The number of piperidine rings is 1. The number of nitrogen functional groups attached to an aromatic ring is 1. The molecule has 5 nitrogen and oxygen atoms in total. The third-order valence-electron chi connectivity index (χ3n) is 4.86. The van der Waals surface area contributed by atoms with E-state index in [2.05, 4.69) is 14.8 Å². The molecule has 0 bridgehead atoms. The van der Waals surface area contributed by atoms with Gasteiger partial charge in [0.05, 0.1) is 11.0 Å². The SMILES string of the molecule is Nc1ccc2nc(N3CCC(N4CCCCC4)C3)[nH]c2c1. The van der Waals surface area contributed by atoms with Gasteiger partial charge in [-0.25, -0.2) is 4.98 Å². The molecular formula is C16H23N5. The number of nitrogens with two attached hydrogens (primary N) is 1. The van der Waals surface area contributed by atoms with Crippen LogP contribution in [-0.4, -0.2) is 47.1 Å². The minimum atomic E-state index is 0.698. The van der Waals surface area contributed by atoms with Crippen molar-refractivity contribution in [1.29, 1.82) is 0 Å². The molecule has 4 rings (SSSR count). The Bertz CT molecular complexity index is 629.